The molecule has 1 fully saturated rings. The summed E-state index contributed by atoms with van der Waals surface area (Å²) in [5, 5.41) is 3.32. The minimum absolute atomic E-state index is 0.236. The largest absolute Gasteiger partial charge is 0.399 e. The number of hydrogen-bond donors (Lipinski definition) is 3. The van der Waals surface area contributed by atoms with Crippen molar-refractivity contribution in [1.29, 1.82) is 0 Å². The molecule has 1 aliphatic heterocycles. The van der Waals surface area contributed by atoms with Gasteiger partial charge in [-0.2, -0.15) is 11.8 Å². The van der Waals surface area contributed by atoms with Crippen molar-refractivity contribution in [3.05, 3.63) is 23.8 Å². The number of primary amides is 1. The molecule has 2 rings (SSSR count). The molecule has 0 aromatic heterocycles. The van der Waals surface area contributed by atoms with Crippen LogP contribution in [0.25, 0.3) is 0 Å². The van der Waals surface area contributed by atoms with Crippen LogP contribution >= 0.6 is 11.8 Å². The van der Waals surface area contributed by atoms with Gasteiger partial charge in [0.2, 0.25) is 0 Å². The summed E-state index contributed by atoms with van der Waals surface area (Å²) < 4.78 is 0.236. The van der Waals surface area contributed by atoms with E-state index >= 15 is 0 Å². The monoisotopic (exact) mass is 265 g/mol. The summed E-state index contributed by atoms with van der Waals surface area (Å²) in [5.74, 6) is 0.777. The van der Waals surface area contributed by atoms with Crippen molar-refractivity contribution in [2.75, 3.05) is 23.3 Å². The number of thioether (sulfide) groups is 1. The number of anilines is 2. The molecule has 0 aliphatic carbocycles. The Kier molecular flexibility index (Phi) is 3.71. The second-order valence-corrected chi connectivity index (χ2v) is 6.61. The van der Waals surface area contributed by atoms with Crippen molar-refractivity contribution < 1.29 is 4.79 Å². The first-order chi connectivity index (χ1) is 8.50. The van der Waals surface area contributed by atoms with E-state index in [1.54, 1.807) is 18.2 Å². The molecule has 0 spiro atoms. The topological polar surface area (TPSA) is 81.1 Å². The van der Waals surface area contributed by atoms with E-state index in [0.717, 1.165) is 12.2 Å². The molecule has 1 heterocycles. The Labute approximate surface area is 111 Å². The summed E-state index contributed by atoms with van der Waals surface area (Å²) in [6, 6.07) is 5.13. The summed E-state index contributed by atoms with van der Waals surface area (Å²) in [5.41, 5.74) is 13.0. The molecule has 5 heteroatoms. The van der Waals surface area contributed by atoms with Gasteiger partial charge in [0.05, 0.1) is 5.56 Å². The summed E-state index contributed by atoms with van der Waals surface area (Å²) >= 11 is 1.97. The maximum absolute atomic E-state index is 11.3. The maximum Gasteiger partial charge on any atom is 0.250 e. The standard InChI is InChI=1S/C13H19N3OS/c1-13(5-2-6-18-13)8-16-11-7-9(14)3-4-10(11)12(15)17/h3-4,7,16H,2,5-6,8,14H2,1H3,(H2,15,17). The van der Waals surface area contributed by atoms with Gasteiger partial charge in [0.1, 0.15) is 0 Å². The van der Waals surface area contributed by atoms with Gasteiger partial charge in [0, 0.05) is 22.7 Å². The van der Waals surface area contributed by atoms with Crippen LogP contribution in [-0.2, 0) is 0 Å². The number of rotatable bonds is 4. The Morgan fingerprint density at radius 3 is 2.94 bits per heavy atom. The van der Waals surface area contributed by atoms with Gasteiger partial charge in [-0.3, -0.25) is 4.79 Å². The summed E-state index contributed by atoms with van der Waals surface area (Å²) in [6.07, 6.45) is 2.45. The SMILES string of the molecule is CC1(CNc2cc(N)ccc2C(N)=O)CCCS1. The quantitative estimate of drug-likeness (QED) is 0.728. The summed E-state index contributed by atoms with van der Waals surface area (Å²) in [6.45, 7) is 3.06. The maximum atomic E-state index is 11.3. The molecule has 1 aromatic carbocycles. The molecule has 1 aromatic rings. The Morgan fingerprint density at radius 1 is 1.56 bits per heavy atom. The molecular formula is C13H19N3OS. The highest BCUT2D eigenvalue weighted by atomic mass is 32.2. The van der Waals surface area contributed by atoms with E-state index in [2.05, 4.69) is 12.2 Å². The predicted octanol–water partition coefficient (Wildman–Crippen LogP) is 2.07. The molecule has 1 unspecified atom stereocenters. The first-order valence-corrected chi connectivity index (χ1v) is 7.06. The zero-order valence-electron chi connectivity index (χ0n) is 10.5. The number of carbonyl (C=O) groups is 1. The van der Waals surface area contributed by atoms with Gasteiger partial charge in [0.25, 0.3) is 5.91 Å². The van der Waals surface area contributed by atoms with Gasteiger partial charge in [-0.1, -0.05) is 0 Å². The van der Waals surface area contributed by atoms with Crippen molar-refractivity contribution in [3.8, 4) is 0 Å². The average molecular weight is 265 g/mol. The van der Waals surface area contributed by atoms with Crippen LogP contribution in [0.1, 0.15) is 30.1 Å². The lowest BCUT2D eigenvalue weighted by Crippen LogP contribution is -2.28. The first-order valence-electron chi connectivity index (χ1n) is 6.07. The number of hydrogen-bond acceptors (Lipinski definition) is 4. The van der Waals surface area contributed by atoms with Gasteiger partial charge in [-0.15, -0.1) is 0 Å². The van der Waals surface area contributed by atoms with Gasteiger partial charge in [-0.25, -0.2) is 0 Å². The fraction of sp³-hybridized carbons (Fsp3) is 0.462. The van der Waals surface area contributed by atoms with E-state index in [1.807, 2.05) is 11.8 Å². The van der Waals surface area contributed by atoms with Crippen LogP contribution in [-0.4, -0.2) is 23.0 Å². The zero-order chi connectivity index (χ0) is 13.2. The Hall–Kier alpha value is -1.36. The third kappa shape index (κ3) is 2.90. The fourth-order valence-corrected chi connectivity index (χ4v) is 3.43. The smallest absolute Gasteiger partial charge is 0.250 e. The third-order valence-electron chi connectivity index (χ3n) is 3.26. The van der Waals surface area contributed by atoms with Crippen LogP contribution in [0.15, 0.2) is 18.2 Å². The Bertz CT molecular complexity index is 456. The molecule has 0 radical (unpaired) electrons. The van der Waals surface area contributed by atoms with Crippen molar-refractivity contribution in [2.45, 2.75) is 24.5 Å². The molecule has 98 valence electrons. The molecule has 0 saturated carbocycles. The van der Waals surface area contributed by atoms with Crippen molar-refractivity contribution in [1.82, 2.24) is 0 Å². The highest BCUT2D eigenvalue weighted by Gasteiger charge is 2.29. The molecule has 18 heavy (non-hydrogen) atoms. The van der Waals surface area contributed by atoms with E-state index in [0.29, 0.717) is 11.3 Å². The molecule has 5 N–H and O–H groups in total. The third-order valence-corrected chi connectivity index (χ3v) is 4.80. The predicted molar refractivity (Wildman–Crippen MR) is 78.0 cm³/mol. The van der Waals surface area contributed by atoms with E-state index < -0.39 is 5.91 Å². The van der Waals surface area contributed by atoms with Crippen molar-refractivity contribution >= 4 is 29.0 Å². The van der Waals surface area contributed by atoms with E-state index in [1.165, 1.54) is 18.6 Å². The summed E-state index contributed by atoms with van der Waals surface area (Å²) in [7, 11) is 0. The van der Waals surface area contributed by atoms with Crippen molar-refractivity contribution in [2.24, 2.45) is 5.73 Å². The number of amides is 1. The molecule has 0 bridgehead atoms. The van der Waals surface area contributed by atoms with E-state index in [4.69, 9.17) is 11.5 Å². The highest BCUT2D eigenvalue weighted by Crippen LogP contribution is 2.38. The van der Waals surface area contributed by atoms with Gasteiger partial charge >= 0.3 is 0 Å². The molecule has 1 aliphatic rings. The Morgan fingerprint density at radius 2 is 2.33 bits per heavy atom. The normalized spacial score (nSPS) is 22.9. The lowest BCUT2D eigenvalue weighted by Gasteiger charge is -2.24. The van der Waals surface area contributed by atoms with Gasteiger partial charge in [-0.05, 0) is 43.7 Å². The molecule has 4 nitrogen and oxygen atoms in total. The number of nitrogen functional groups attached to an aromatic ring is 1. The average Bonchev–Trinajstić information content (AvgIpc) is 2.74. The van der Waals surface area contributed by atoms with Crippen LogP contribution in [0.3, 0.4) is 0 Å². The van der Waals surface area contributed by atoms with Gasteiger partial charge in [0.15, 0.2) is 0 Å². The van der Waals surface area contributed by atoms with E-state index in [9.17, 15) is 4.79 Å². The van der Waals surface area contributed by atoms with Crippen LogP contribution < -0.4 is 16.8 Å². The summed E-state index contributed by atoms with van der Waals surface area (Å²) in [4.78, 5) is 11.3. The minimum Gasteiger partial charge on any atom is -0.399 e. The van der Waals surface area contributed by atoms with Crippen LogP contribution in [0.5, 0.6) is 0 Å². The molecule has 1 saturated heterocycles. The fourth-order valence-electron chi connectivity index (χ4n) is 2.18. The molecule has 1 atom stereocenters. The van der Waals surface area contributed by atoms with Gasteiger partial charge < -0.3 is 16.8 Å². The van der Waals surface area contributed by atoms with Crippen LogP contribution in [0.2, 0.25) is 0 Å². The number of nitrogens with one attached hydrogen (secondary N) is 1. The van der Waals surface area contributed by atoms with E-state index in [-0.39, 0.29) is 4.75 Å². The van der Waals surface area contributed by atoms with Crippen molar-refractivity contribution in [3.63, 3.8) is 0 Å². The lowest BCUT2D eigenvalue weighted by molar-refractivity contribution is 0.100. The first kappa shape index (κ1) is 13.1. The number of nitrogens with two attached hydrogens (primary N) is 2. The lowest BCUT2D eigenvalue weighted by atomic mass is 10.0. The van der Waals surface area contributed by atoms with Crippen LogP contribution in [0.4, 0.5) is 11.4 Å². The Balaban J connectivity index is 2.12. The molecular weight excluding hydrogens is 246 g/mol. The second-order valence-electron chi connectivity index (χ2n) is 4.92. The molecule has 1 amide bonds. The number of carbonyl (C=O) groups excluding carboxylic acids is 1. The van der Waals surface area contributed by atoms with Crippen LogP contribution in [0, 0.1) is 0 Å². The highest BCUT2D eigenvalue weighted by molar-refractivity contribution is 8.00. The minimum atomic E-state index is -0.429. The number of benzene rings is 1. The zero-order valence-corrected chi connectivity index (χ0v) is 11.3. The second kappa shape index (κ2) is 5.10.